The Morgan fingerprint density at radius 1 is 1.14 bits per heavy atom. The van der Waals surface area contributed by atoms with E-state index in [9.17, 15) is 39.3 Å². The summed E-state index contributed by atoms with van der Waals surface area (Å²) in [7, 11) is 0. The average Bonchev–Trinajstić information content (AvgIpc) is 3.64. The summed E-state index contributed by atoms with van der Waals surface area (Å²) < 4.78 is 7.27. The summed E-state index contributed by atoms with van der Waals surface area (Å²) >= 11 is 1.86. The molecule has 0 unspecified atom stereocenters. The van der Waals surface area contributed by atoms with Gasteiger partial charge in [0.15, 0.2) is 5.72 Å². The van der Waals surface area contributed by atoms with E-state index in [1.54, 1.807) is 0 Å². The van der Waals surface area contributed by atoms with Gasteiger partial charge in [0, 0.05) is 36.2 Å². The number of carbonyl (C=O) groups excluding carboxylic acids is 3. The zero-order valence-corrected chi connectivity index (χ0v) is 25.3. The molecule has 15 nitrogen and oxygen atoms in total. The first-order chi connectivity index (χ1) is 21.1. The number of nitrogens with one attached hydrogen (secondary N) is 4. The fourth-order valence-corrected chi connectivity index (χ4v) is 7.56. The number of hydrogen-bond acceptors (Lipinski definition) is 10. The van der Waals surface area contributed by atoms with Gasteiger partial charge in [0.1, 0.15) is 18.3 Å². The minimum Gasteiger partial charge on any atom is -0.394 e. The Morgan fingerprint density at radius 3 is 2.64 bits per heavy atom. The molecule has 0 aliphatic carbocycles. The normalized spacial score (nSPS) is 29.1. The second-order valence-electron chi connectivity index (χ2n) is 11.3. The molecule has 44 heavy (non-hydrogen) atoms. The molecule has 0 radical (unpaired) electrons. The van der Waals surface area contributed by atoms with Gasteiger partial charge in [-0.15, -0.1) is 0 Å². The Labute approximate surface area is 258 Å². The van der Waals surface area contributed by atoms with Crippen LogP contribution in [0.25, 0.3) is 0 Å². The maximum Gasteiger partial charge on any atom is 0.352 e. The summed E-state index contributed by atoms with van der Waals surface area (Å²) in [4.78, 5) is 61.0. The predicted molar refractivity (Wildman–Crippen MR) is 162 cm³/mol. The Hall–Kier alpha value is -3.18. The summed E-state index contributed by atoms with van der Waals surface area (Å²) in [6, 6.07) is 1.28. The van der Waals surface area contributed by atoms with E-state index in [1.807, 2.05) is 11.8 Å². The second kappa shape index (κ2) is 15.2. The van der Waals surface area contributed by atoms with E-state index < -0.39 is 47.8 Å². The number of fused-ring (bicyclic) bond motifs is 1. The van der Waals surface area contributed by atoms with Crippen LogP contribution in [-0.2, 0) is 20.1 Å². The number of aliphatic hydroxyl groups is 3. The number of hydrogen-bond donors (Lipinski definition) is 7. The van der Waals surface area contributed by atoms with E-state index in [4.69, 9.17) is 4.74 Å². The highest BCUT2D eigenvalue weighted by atomic mass is 32.2. The second-order valence-corrected chi connectivity index (χ2v) is 12.6. The molecule has 0 aromatic carbocycles. The molecular formula is C28H42N6O9S. The highest BCUT2D eigenvalue weighted by molar-refractivity contribution is 8.00. The van der Waals surface area contributed by atoms with Gasteiger partial charge in [0.25, 0.3) is 11.5 Å². The third kappa shape index (κ3) is 7.54. The number of rotatable bonds is 16. The van der Waals surface area contributed by atoms with Gasteiger partial charge in [-0.25, -0.2) is 9.59 Å². The minimum atomic E-state index is -1.80. The lowest BCUT2D eigenvalue weighted by Gasteiger charge is -2.34. The fourth-order valence-electron chi connectivity index (χ4n) is 6.02. The van der Waals surface area contributed by atoms with Crippen LogP contribution < -0.4 is 32.6 Å². The molecule has 0 spiro atoms. The molecule has 4 rings (SSSR count). The predicted octanol–water partition coefficient (Wildman–Crippen LogP) is -1.18. The molecular weight excluding hydrogens is 596 g/mol. The van der Waals surface area contributed by atoms with Crippen LogP contribution in [0.3, 0.4) is 0 Å². The van der Waals surface area contributed by atoms with Crippen molar-refractivity contribution in [3.05, 3.63) is 45.8 Å². The zero-order chi connectivity index (χ0) is 31.9. The van der Waals surface area contributed by atoms with Crippen molar-refractivity contribution in [1.29, 1.82) is 0 Å². The Kier molecular flexibility index (Phi) is 11.6. The maximum atomic E-state index is 13.2. The van der Waals surface area contributed by atoms with Crippen molar-refractivity contribution in [3.8, 4) is 0 Å². The van der Waals surface area contributed by atoms with Crippen molar-refractivity contribution in [1.82, 2.24) is 25.2 Å². The molecule has 3 fully saturated rings. The van der Waals surface area contributed by atoms with Gasteiger partial charge >= 0.3 is 11.7 Å². The van der Waals surface area contributed by atoms with E-state index in [-0.39, 0.29) is 30.4 Å². The Bertz CT molecular complexity index is 1320. The van der Waals surface area contributed by atoms with Gasteiger partial charge in [-0.3, -0.25) is 24.4 Å². The molecule has 3 aliphatic rings. The molecule has 7 atom stereocenters. The van der Waals surface area contributed by atoms with Gasteiger partial charge in [0.05, 0.1) is 18.7 Å². The summed E-state index contributed by atoms with van der Waals surface area (Å²) in [6.45, 7) is 3.18. The highest BCUT2D eigenvalue weighted by Crippen LogP contribution is 2.39. The van der Waals surface area contributed by atoms with Gasteiger partial charge < -0.3 is 36.0 Å². The Morgan fingerprint density at radius 2 is 1.91 bits per heavy atom. The first-order valence-electron chi connectivity index (χ1n) is 15.0. The topological polar surface area (TPSA) is 213 Å². The van der Waals surface area contributed by atoms with E-state index in [2.05, 4.69) is 28.0 Å². The summed E-state index contributed by atoms with van der Waals surface area (Å²) in [5, 5.41) is 40.3. The molecule has 0 bridgehead atoms. The third-order valence-corrected chi connectivity index (χ3v) is 9.87. The molecule has 7 N–H and O–H groups in total. The fraction of sp³-hybridized carbons (Fsp3) is 0.679. The van der Waals surface area contributed by atoms with Crippen LogP contribution in [0.4, 0.5) is 4.79 Å². The van der Waals surface area contributed by atoms with Crippen molar-refractivity contribution >= 4 is 29.6 Å². The standard InChI is InChI=1S/C28H42N6O9S/c1-2-20(36)32-34-22(38)11-14-33(27(34)42)28(25(40)24(39)18(15-35)43-28)12-7-3-4-8-13-29-21(37)10-6-5-9-19-23-17(16-44-19)30-26(41)31-23/h2,11,14,17-19,23-25,35,39-40H,1,3-10,12-13,15-16H2,(H,29,37)(H,32,36)(H2,30,31,41)/t17-,18+,19-,23-,24+,25+,28+/m0/s1. The number of aromatic nitrogens is 2. The maximum absolute atomic E-state index is 13.2. The third-order valence-electron chi connectivity index (χ3n) is 8.37. The lowest BCUT2D eigenvalue weighted by Crippen LogP contribution is -2.55. The minimum absolute atomic E-state index is 0.0127. The average molecular weight is 639 g/mol. The van der Waals surface area contributed by atoms with Crippen LogP contribution in [0.1, 0.15) is 57.8 Å². The van der Waals surface area contributed by atoms with E-state index in [0.29, 0.717) is 42.2 Å². The monoisotopic (exact) mass is 638 g/mol. The number of aliphatic hydroxyl groups excluding tert-OH is 3. The van der Waals surface area contributed by atoms with Gasteiger partial charge in [-0.2, -0.15) is 16.4 Å². The van der Waals surface area contributed by atoms with E-state index in [0.717, 1.165) is 54.3 Å². The molecule has 244 valence electrons. The molecule has 1 aromatic heterocycles. The van der Waals surface area contributed by atoms with Crippen molar-refractivity contribution in [2.75, 3.05) is 24.3 Å². The van der Waals surface area contributed by atoms with Crippen LogP contribution in [0.5, 0.6) is 0 Å². The van der Waals surface area contributed by atoms with E-state index >= 15 is 0 Å². The first-order valence-corrected chi connectivity index (χ1v) is 16.0. The molecule has 0 saturated carbocycles. The van der Waals surface area contributed by atoms with Gasteiger partial charge in [-0.05, 0) is 38.2 Å². The summed E-state index contributed by atoms with van der Waals surface area (Å²) in [5.74, 6) is 0.0987. The van der Waals surface area contributed by atoms with Crippen LogP contribution >= 0.6 is 11.8 Å². The number of carbonyl (C=O) groups is 3. The van der Waals surface area contributed by atoms with Crippen molar-refractivity contribution in [2.45, 2.75) is 99.2 Å². The molecule has 3 saturated heterocycles. The lowest BCUT2D eigenvalue weighted by atomic mass is 9.95. The first kappa shape index (κ1) is 33.7. The van der Waals surface area contributed by atoms with Crippen molar-refractivity contribution in [3.63, 3.8) is 0 Å². The zero-order valence-electron chi connectivity index (χ0n) is 24.5. The number of urea groups is 1. The highest BCUT2D eigenvalue weighted by Gasteiger charge is 2.55. The number of amides is 4. The van der Waals surface area contributed by atoms with Crippen LogP contribution in [0.2, 0.25) is 0 Å². The summed E-state index contributed by atoms with van der Waals surface area (Å²) in [6.07, 6.45) is 3.37. The molecule has 4 heterocycles. The number of thioether (sulfide) groups is 1. The van der Waals surface area contributed by atoms with Crippen molar-refractivity contribution in [2.24, 2.45) is 0 Å². The van der Waals surface area contributed by atoms with Gasteiger partial charge in [-0.1, -0.05) is 25.8 Å². The smallest absolute Gasteiger partial charge is 0.352 e. The lowest BCUT2D eigenvalue weighted by molar-refractivity contribution is -0.156. The number of unbranched alkanes of at least 4 members (excludes halogenated alkanes) is 4. The molecule has 3 aliphatic heterocycles. The van der Waals surface area contributed by atoms with E-state index in [1.165, 1.54) is 0 Å². The number of nitrogens with zero attached hydrogens (tertiary/aromatic N) is 2. The van der Waals surface area contributed by atoms with Crippen LogP contribution in [0.15, 0.2) is 34.5 Å². The van der Waals surface area contributed by atoms with Crippen LogP contribution in [0, 0.1) is 0 Å². The van der Waals surface area contributed by atoms with Gasteiger partial charge in [0.2, 0.25) is 5.91 Å². The molecule has 16 heteroatoms. The quantitative estimate of drug-likeness (QED) is 0.0654. The van der Waals surface area contributed by atoms with Crippen molar-refractivity contribution < 1.29 is 34.4 Å². The van der Waals surface area contributed by atoms with Crippen LogP contribution in [-0.4, -0.2) is 97.0 Å². The largest absolute Gasteiger partial charge is 0.394 e. The SMILES string of the molecule is C=CC(=O)Nn1c(=O)ccn([C@]2(CCCCCCNC(=O)CCCC[C@@H]3SC[C@@H]4NC(=O)N[C@@H]43)O[C@H](CO)[C@@H](O)[C@H]2O)c1=O. The summed E-state index contributed by atoms with van der Waals surface area (Å²) in [5.41, 5.74) is -1.52. The molecule has 4 amide bonds. The number of ether oxygens (including phenoxy) is 1. The molecule has 1 aromatic rings. The Balaban J connectivity index is 1.22.